The van der Waals surface area contributed by atoms with Crippen LogP contribution in [0.25, 0.3) is 11.0 Å². The standard InChI is InChI=1S/C16H15FN4O3S/c1-8-10-5-9(17)3-4-11(10)24-12(8)6-20-16(23)21-13-7-19-15(25-13)14(22)18-2/h3-5,7H,6H2,1-2H3,(H,18,22)(H2,20,21,23). The first kappa shape index (κ1) is 16.9. The van der Waals surface area contributed by atoms with E-state index in [2.05, 4.69) is 20.9 Å². The molecule has 3 amide bonds. The van der Waals surface area contributed by atoms with Gasteiger partial charge in [0, 0.05) is 18.0 Å². The van der Waals surface area contributed by atoms with Crippen LogP contribution in [0.4, 0.5) is 14.2 Å². The molecule has 3 N–H and O–H groups in total. The van der Waals surface area contributed by atoms with E-state index >= 15 is 0 Å². The van der Waals surface area contributed by atoms with E-state index < -0.39 is 6.03 Å². The molecule has 0 bridgehead atoms. The van der Waals surface area contributed by atoms with Crippen molar-refractivity contribution in [1.82, 2.24) is 15.6 Å². The lowest BCUT2D eigenvalue weighted by molar-refractivity contribution is 0.0962. The number of amides is 3. The Hall–Kier alpha value is -2.94. The molecule has 3 rings (SSSR count). The number of halogens is 1. The van der Waals surface area contributed by atoms with Gasteiger partial charge < -0.3 is 15.1 Å². The van der Waals surface area contributed by atoms with Crippen LogP contribution in [0.2, 0.25) is 0 Å². The van der Waals surface area contributed by atoms with Crippen LogP contribution < -0.4 is 16.0 Å². The van der Waals surface area contributed by atoms with Crippen LogP contribution in [0.1, 0.15) is 21.1 Å². The Kier molecular flexibility index (Phi) is 4.66. The molecule has 0 saturated carbocycles. The highest BCUT2D eigenvalue weighted by atomic mass is 32.1. The number of furan rings is 1. The number of hydrogen-bond acceptors (Lipinski definition) is 5. The summed E-state index contributed by atoms with van der Waals surface area (Å²) in [5, 5.41) is 9.09. The third kappa shape index (κ3) is 3.61. The Bertz CT molecular complexity index is 950. The van der Waals surface area contributed by atoms with E-state index in [1.807, 2.05) is 0 Å². The number of benzene rings is 1. The molecule has 0 aliphatic rings. The van der Waals surface area contributed by atoms with Crippen LogP contribution in [-0.2, 0) is 6.54 Å². The molecule has 0 atom stereocenters. The SMILES string of the molecule is CNC(=O)c1ncc(NC(=O)NCc2oc3ccc(F)cc3c2C)s1. The maximum absolute atomic E-state index is 13.3. The number of carbonyl (C=O) groups excluding carboxylic acids is 2. The van der Waals surface area contributed by atoms with Crippen LogP contribution in [0, 0.1) is 12.7 Å². The van der Waals surface area contributed by atoms with E-state index in [1.54, 1.807) is 13.0 Å². The van der Waals surface area contributed by atoms with E-state index in [0.29, 0.717) is 21.7 Å². The third-order valence-electron chi connectivity index (χ3n) is 3.57. The molecule has 25 heavy (non-hydrogen) atoms. The molecule has 0 fully saturated rings. The summed E-state index contributed by atoms with van der Waals surface area (Å²) < 4.78 is 18.9. The molecule has 0 saturated heterocycles. The van der Waals surface area contributed by atoms with E-state index in [0.717, 1.165) is 16.9 Å². The molecule has 9 heteroatoms. The molecule has 0 aliphatic carbocycles. The topological polar surface area (TPSA) is 96.3 Å². The van der Waals surface area contributed by atoms with Crippen molar-refractivity contribution in [3.63, 3.8) is 0 Å². The fraction of sp³-hybridized carbons (Fsp3) is 0.188. The van der Waals surface area contributed by atoms with Crippen molar-refractivity contribution in [1.29, 1.82) is 0 Å². The molecule has 0 spiro atoms. The van der Waals surface area contributed by atoms with Crippen molar-refractivity contribution < 1.29 is 18.4 Å². The Morgan fingerprint density at radius 2 is 2.16 bits per heavy atom. The van der Waals surface area contributed by atoms with Gasteiger partial charge in [-0.1, -0.05) is 11.3 Å². The minimum atomic E-state index is -0.460. The average molecular weight is 362 g/mol. The highest BCUT2D eigenvalue weighted by Gasteiger charge is 2.14. The quantitative estimate of drug-likeness (QED) is 0.665. The van der Waals surface area contributed by atoms with Gasteiger partial charge in [0.2, 0.25) is 0 Å². The predicted octanol–water partition coefficient (Wildman–Crippen LogP) is 3.02. The molecule has 0 unspecified atom stereocenters. The van der Waals surface area contributed by atoms with Crippen LogP contribution in [0.15, 0.2) is 28.8 Å². The van der Waals surface area contributed by atoms with Crippen LogP contribution in [0.5, 0.6) is 0 Å². The third-order valence-corrected chi connectivity index (χ3v) is 4.48. The first-order valence-corrected chi connectivity index (χ1v) is 8.20. The lowest BCUT2D eigenvalue weighted by atomic mass is 10.1. The second kappa shape index (κ2) is 6.89. The zero-order chi connectivity index (χ0) is 18.0. The van der Waals surface area contributed by atoms with Gasteiger partial charge >= 0.3 is 6.03 Å². The Morgan fingerprint density at radius 3 is 2.92 bits per heavy atom. The van der Waals surface area contributed by atoms with Crippen molar-refractivity contribution in [3.8, 4) is 0 Å². The van der Waals surface area contributed by atoms with Crippen molar-refractivity contribution in [2.24, 2.45) is 0 Å². The fourth-order valence-electron chi connectivity index (χ4n) is 2.27. The summed E-state index contributed by atoms with van der Waals surface area (Å²) in [5.74, 6) is -0.111. The minimum Gasteiger partial charge on any atom is -0.459 e. The number of anilines is 1. The molecule has 0 radical (unpaired) electrons. The van der Waals surface area contributed by atoms with Gasteiger partial charge in [-0.25, -0.2) is 14.2 Å². The molecule has 7 nitrogen and oxygen atoms in total. The average Bonchev–Trinajstić information content (AvgIpc) is 3.18. The number of fused-ring (bicyclic) bond motifs is 1. The molecule has 1 aromatic carbocycles. The van der Waals surface area contributed by atoms with Gasteiger partial charge in [-0.05, 0) is 25.1 Å². The smallest absolute Gasteiger partial charge is 0.320 e. The van der Waals surface area contributed by atoms with Gasteiger partial charge in [-0.3, -0.25) is 10.1 Å². The number of thiazole rings is 1. The summed E-state index contributed by atoms with van der Waals surface area (Å²) in [6.07, 6.45) is 1.41. The van der Waals surface area contributed by atoms with E-state index in [1.165, 1.54) is 25.4 Å². The van der Waals surface area contributed by atoms with E-state index in [9.17, 15) is 14.0 Å². The number of carbonyl (C=O) groups is 2. The zero-order valence-corrected chi connectivity index (χ0v) is 14.3. The van der Waals surface area contributed by atoms with Crippen LogP contribution >= 0.6 is 11.3 Å². The maximum atomic E-state index is 13.3. The van der Waals surface area contributed by atoms with Crippen molar-refractivity contribution in [3.05, 3.63) is 46.5 Å². The van der Waals surface area contributed by atoms with Gasteiger partial charge in [0.25, 0.3) is 5.91 Å². The monoisotopic (exact) mass is 362 g/mol. The molecular weight excluding hydrogens is 347 g/mol. The van der Waals surface area contributed by atoms with Crippen LogP contribution in [-0.4, -0.2) is 24.0 Å². The highest BCUT2D eigenvalue weighted by molar-refractivity contribution is 7.17. The second-order valence-electron chi connectivity index (χ2n) is 5.21. The number of urea groups is 1. The molecule has 130 valence electrons. The van der Waals surface area contributed by atoms with Crippen LogP contribution in [0.3, 0.4) is 0 Å². The van der Waals surface area contributed by atoms with Gasteiger partial charge in [0.15, 0.2) is 5.01 Å². The largest absolute Gasteiger partial charge is 0.459 e. The van der Waals surface area contributed by atoms with Crippen molar-refractivity contribution in [2.45, 2.75) is 13.5 Å². The number of aromatic nitrogens is 1. The molecular formula is C16H15FN4O3S. The lowest BCUT2D eigenvalue weighted by Gasteiger charge is -2.04. The predicted molar refractivity (Wildman–Crippen MR) is 92.3 cm³/mol. The van der Waals surface area contributed by atoms with E-state index in [-0.39, 0.29) is 23.3 Å². The molecule has 2 aromatic heterocycles. The first-order valence-electron chi connectivity index (χ1n) is 7.38. The number of nitrogens with one attached hydrogen (secondary N) is 3. The summed E-state index contributed by atoms with van der Waals surface area (Å²) in [7, 11) is 1.51. The molecule has 0 aliphatic heterocycles. The normalized spacial score (nSPS) is 10.7. The lowest BCUT2D eigenvalue weighted by Crippen LogP contribution is -2.27. The summed E-state index contributed by atoms with van der Waals surface area (Å²) >= 11 is 1.06. The Balaban J connectivity index is 1.63. The van der Waals surface area contributed by atoms with Crippen molar-refractivity contribution in [2.75, 3.05) is 12.4 Å². The first-order chi connectivity index (χ1) is 12.0. The summed E-state index contributed by atoms with van der Waals surface area (Å²) in [6, 6.07) is 3.81. The Morgan fingerprint density at radius 1 is 1.36 bits per heavy atom. The fourth-order valence-corrected chi connectivity index (χ4v) is 3.03. The maximum Gasteiger partial charge on any atom is 0.320 e. The number of hydrogen-bond donors (Lipinski definition) is 3. The summed E-state index contributed by atoms with van der Waals surface area (Å²) in [6.45, 7) is 1.95. The number of rotatable bonds is 4. The van der Waals surface area contributed by atoms with E-state index in [4.69, 9.17) is 4.42 Å². The molecule has 3 aromatic rings. The second-order valence-corrected chi connectivity index (χ2v) is 6.24. The number of nitrogens with zero attached hydrogens (tertiary/aromatic N) is 1. The number of aryl methyl sites for hydroxylation is 1. The highest BCUT2D eigenvalue weighted by Crippen LogP contribution is 2.26. The van der Waals surface area contributed by atoms with Gasteiger partial charge in [-0.2, -0.15) is 0 Å². The summed E-state index contributed by atoms with van der Waals surface area (Å²) in [4.78, 5) is 27.3. The molecule has 2 heterocycles. The minimum absolute atomic E-state index is 0.148. The van der Waals surface area contributed by atoms with Gasteiger partial charge in [-0.15, -0.1) is 0 Å². The summed E-state index contributed by atoms with van der Waals surface area (Å²) in [5.41, 5.74) is 1.34. The Labute approximate surface area is 146 Å². The zero-order valence-electron chi connectivity index (χ0n) is 13.5. The van der Waals surface area contributed by atoms with Gasteiger partial charge in [0.05, 0.1) is 12.7 Å². The van der Waals surface area contributed by atoms with Gasteiger partial charge in [0.1, 0.15) is 22.2 Å². The van der Waals surface area contributed by atoms with Crippen molar-refractivity contribution >= 4 is 39.2 Å².